The molecule has 0 spiro atoms. The van der Waals surface area contributed by atoms with Crippen molar-refractivity contribution in [3.63, 3.8) is 0 Å². The van der Waals surface area contributed by atoms with Crippen LogP contribution in [0.4, 0.5) is 11.6 Å². The molecule has 0 saturated carbocycles. The smallest absolute Gasteiger partial charge is 0.352 e. The highest BCUT2D eigenvalue weighted by Gasteiger charge is 2.29. The SMILES string of the molecule is Cc1ccc(C(=O)N(C)c2nc(-c3ccccc3)sc2C(=O)OC(C)(C)C)cc1.Cc1ccc(C(=O)Nc2nc(-c3ccccc3)sc2C(=O)OC(C)(C)C)cc1. The van der Waals surface area contributed by atoms with E-state index in [1.54, 1.807) is 52.1 Å². The topological polar surface area (TPSA) is 128 Å². The van der Waals surface area contributed by atoms with E-state index in [1.807, 2.05) is 120 Å². The van der Waals surface area contributed by atoms with Crippen LogP contribution in [0, 0.1) is 13.8 Å². The summed E-state index contributed by atoms with van der Waals surface area (Å²) in [6.07, 6.45) is 0. The van der Waals surface area contributed by atoms with E-state index >= 15 is 0 Å². The first-order chi connectivity index (χ1) is 26.9. The predicted octanol–water partition coefficient (Wildman–Crippen LogP) is 10.7. The molecule has 0 atom stereocenters. The number of aromatic nitrogens is 2. The van der Waals surface area contributed by atoms with Gasteiger partial charge in [-0.15, -0.1) is 22.7 Å². The van der Waals surface area contributed by atoms with Crippen LogP contribution in [-0.4, -0.2) is 52.0 Å². The molecule has 0 saturated heterocycles. The van der Waals surface area contributed by atoms with Crippen LogP contribution in [-0.2, 0) is 9.47 Å². The lowest BCUT2D eigenvalue weighted by Gasteiger charge is -2.20. The molecule has 0 aliphatic carbocycles. The lowest BCUT2D eigenvalue weighted by molar-refractivity contribution is 0.00631. The van der Waals surface area contributed by atoms with Crippen molar-refractivity contribution in [1.29, 1.82) is 0 Å². The molecule has 0 bridgehead atoms. The molecule has 2 aromatic heterocycles. The Hall–Kier alpha value is -5.98. The standard InChI is InChI=1S/C23H24N2O3S.C22H22N2O3S/c1-15-11-13-17(14-12-15)21(26)25(5)19-18(22(27)28-23(2,3)4)29-20(24-19)16-9-7-6-8-10-16;1-14-10-12-15(13-11-14)19(25)23-18-17(21(26)27-22(2,3)4)28-20(24-18)16-8-6-5-7-9-16/h6-14H,1-5H3;5-13H,1-4H3,(H,23,25). The molecule has 4 aromatic carbocycles. The molecular weight excluding hydrogens is 757 g/mol. The summed E-state index contributed by atoms with van der Waals surface area (Å²) in [5, 5.41) is 4.06. The summed E-state index contributed by atoms with van der Waals surface area (Å²) >= 11 is 2.43. The molecule has 2 heterocycles. The third-order valence-electron chi connectivity index (χ3n) is 7.91. The zero-order valence-corrected chi connectivity index (χ0v) is 35.1. The summed E-state index contributed by atoms with van der Waals surface area (Å²) < 4.78 is 11.1. The number of anilines is 2. The van der Waals surface area contributed by atoms with E-state index in [2.05, 4.69) is 15.3 Å². The second-order valence-electron chi connectivity index (χ2n) is 15.2. The first-order valence-corrected chi connectivity index (χ1v) is 19.8. The fourth-order valence-corrected chi connectivity index (χ4v) is 7.02. The molecule has 0 aliphatic heterocycles. The van der Waals surface area contributed by atoms with E-state index in [0.717, 1.165) is 22.3 Å². The molecule has 294 valence electrons. The van der Waals surface area contributed by atoms with Crippen LogP contribution < -0.4 is 10.2 Å². The Labute approximate surface area is 341 Å². The number of rotatable bonds is 8. The van der Waals surface area contributed by atoms with Crippen LogP contribution in [0.3, 0.4) is 0 Å². The monoisotopic (exact) mass is 802 g/mol. The molecule has 0 fully saturated rings. The van der Waals surface area contributed by atoms with Crippen molar-refractivity contribution in [1.82, 2.24) is 9.97 Å². The van der Waals surface area contributed by atoms with Gasteiger partial charge in [-0.1, -0.05) is 96.1 Å². The van der Waals surface area contributed by atoms with Gasteiger partial charge in [-0.25, -0.2) is 19.6 Å². The largest absolute Gasteiger partial charge is 0.456 e. The van der Waals surface area contributed by atoms with Crippen LogP contribution in [0.2, 0.25) is 0 Å². The van der Waals surface area contributed by atoms with Gasteiger partial charge in [0.15, 0.2) is 21.4 Å². The average molecular weight is 803 g/mol. The molecule has 2 amide bonds. The van der Waals surface area contributed by atoms with Gasteiger partial charge in [0.2, 0.25) is 0 Å². The number of ether oxygens (including phenoxy) is 2. The fourth-order valence-electron chi connectivity index (χ4n) is 5.14. The number of hydrogen-bond acceptors (Lipinski definition) is 10. The van der Waals surface area contributed by atoms with E-state index in [0.29, 0.717) is 31.8 Å². The average Bonchev–Trinajstić information content (AvgIpc) is 3.80. The molecule has 57 heavy (non-hydrogen) atoms. The van der Waals surface area contributed by atoms with Crippen LogP contribution in [0.25, 0.3) is 21.1 Å². The summed E-state index contributed by atoms with van der Waals surface area (Å²) in [4.78, 5) is 62.3. The van der Waals surface area contributed by atoms with Crippen molar-refractivity contribution in [3.05, 3.63) is 141 Å². The Kier molecular flexibility index (Phi) is 13.2. The lowest BCUT2D eigenvalue weighted by atomic mass is 10.1. The second-order valence-corrected chi connectivity index (χ2v) is 17.2. The highest BCUT2D eigenvalue weighted by atomic mass is 32.1. The molecule has 0 radical (unpaired) electrons. The number of nitrogens with one attached hydrogen (secondary N) is 1. The van der Waals surface area contributed by atoms with Crippen molar-refractivity contribution in [2.75, 3.05) is 17.3 Å². The maximum Gasteiger partial charge on any atom is 0.352 e. The fraction of sp³-hybridized carbons (Fsp3) is 0.244. The first kappa shape index (κ1) is 42.2. The molecule has 0 aliphatic rings. The van der Waals surface area contributed by atoms with E-state index in [4.69, 9.17) is 9.47 Å². The van der Waals surface area contributed by atoms with Gasteiger partial charge in [0.05, 0.1) is 0 Å². The summed E-state index contributed by atoms with van der Waals surface area (Å²) in [6.45, 7) is 14.7. The van der Waals surface area contributed by atoms with Gasteiger partial charge < -0.3 is 14.8 Å². The molecule has 0 unspecified atom stereocenters. The van der Waals surface area contributed by atoms with Crippen molar-refractivity contribution in [2.24, 2.45) is 0 Å². The van der Waals surface area contributed by atoms with Gasteiger partial charge in [0.1, 0.15) is 21.2 Å². The highest BCUT2D eigenvalue weighted by molar-refractivity contribution is 7.17. The van der Waals surface area contributed by atoms with Crippen molar-refractivity contribution < 1.29 is 28.7 Å². The van der Waals surface area contributed by atoms with E-state index < -0.39 is 23.1 Å². The lowest BCUT2D eigenvalue weighted by Crippen LogP contribution is -2.29. The number of amides is 2. The normalized spacial score (nSPS) is 11.2. The van der Waals surface area contributed by atoms with Gasteiger partial charge in [-0.2, -0.15) is 0 Å². The van der Waals surface area contributed by atoms with Crippen LogP contribution in [0.1, 0.15) is 92.7 Å². The third kappa shape index (κ3) is 11.5. The maximum atomic E-state index is 13.0. The summed E-state index contributed by atoms with van der Waals surface area (Å²) in [5.41, 5.74) is 3.61. The first-order valence-electron chi connectivity index (χ1n) is 18.2. The summed E-state index contributed by atoms with van der Waals surface area (Å²) in [7, 11) is 1.62. The molecule has 6 rings (SSSR count). The van der Waals surface area contributed by atoms with Crippen LogP contribution in [0.15, 0.2) is 109 Å². The van der Waals surface area contributed by atoms with Gasteiger partial charge in [-0.05, 0) is 79.7 Å². The van der Waals surface area contributed by atoms with Gasteiger partial charge >= 0.3 is 11.9 Å². The number of benzene rings is 4. The van der Waals surface area contributed by atoms with Gasteiger partial charge in [-0.3, -0.25) is 14.5 Å². The van der Waals surface area contributed by atoms with Crippen LogP contribution in [0.5, 0.6) is 0 Å². The van der Waals surface area contributed by atoms with Crippen LogP contribution >= 0.6 is 22.7 Å². The molecule has 10 nitrogen and oxygen atoms in total. The van der Waals surface area contributed by atoms with E-state index in [-0.39, 0.29) is 22.5 Å². The Balaban J connectivity index is 0.000000218. The Morgan fingerprint density at radius 2 is 1.00 bits per heavy atom. The second kappa shape index (κ2) is 17.9. The van der Waals surface area contributed by atoms with Crippen molar-refractivity contribution >= 4 is 58.1 Å². The summed E-state index contributed by atoms with van der Waals surface area (Å²) in [5.74, 6) is -1.05. The number of carbonyl (C=O) groups is 4. The minimum atomic E-state index is -0.648. The Bertz CT molecular complexity index is 2340. The maximum absolute atomic E-state index is 13.0. The number of aryl methyl sites for hydroxylation is 2. The highest BCUT2D eigenvalue weighted by Crippen LogP contribution is 2.35. The van der Waals surface area contributed by atoms with E-state index in [1.165, 1.54) is 27.6 Å². The molecular formula is C45H46N4O6S2. The number of esters is 2. The Morgan fingerprint density at radius 1 is 0.579 bits per heavy atom. The van der Waals surface area contributed by atoms with Crippen molar-refractivity contribution in [2.45, 2.75) is 66.6 Å². The van der Waals surface area contributed by atoms with E-state index in [9.17, 15) is 19.2 Å². The Morgan fingerprint density at radius 3 is 1.47 bits per heavy atom. The van der Waals surface area contributed by atoms with Crippen molar-refractivity contribution in [3.8, 4) is 21.1 Å². The zero-order valence-electron chi connectivity index (χ0n) is 33.5. The zero-order chi connectivity index (χ0) is 41.5. The number of nitrogens with zero attached hydrogens (tertiary/aromatic N) is 3. The summed E-state index contributed by atoms with van der Waals surface area (Å²) in [6, 6.07) is 33.6. The number of thiazole rings is 2. The third-order valence-corrected chi connectivity index (χ3v) is 10.1. The number of hydrogen-bond donors (Lipinski definition) is 1. The van der Waals surface area contributed by atoms with Gasteiger partial charge in [0, 0.05) is 29.3 Å². The minimum Gasteiger partial charge on any atom is -0.456 e. The quantitative estimate of drug-likeness (QED) is 0.151. The predicted molar refractivity (Wildman–Crippen MR) is 228 cm³/mol. The molecule has 6 aromatic rings. The molecule has 1 N–H and O–H groups in total. The minimum absolute atomic E-state index is 0.212. The van der Waals surface area contributed by atoms with Gasteiger partial charge in [0.25, 0.3) is 11.8 Å². The number of carbonyl (C=O) groups excluding carboxylic acids is 4. The molecule has 12 heteroatoms.